The van der Waals surface area contributed by atoms with Gasteiger partial charge in [0, 0.05) is 16.9 Å². The van der Waals surface area contributed by atoms with Crippen LogP contribution in [0.2, 0.25) is 0 Å². The molecule has 0 aliphatic carbocycles. The lowest BCUT2D eigenvalue weighted by Crippen LogP contribution is -1.99. The van der Waals surface area contributed by atoms with Gasteiger partial charge in [-0.15, -0.1) is 0 Å². The summed E-state index contributed by atoms with van der Waals surface area (Å²) in [5.74, 6) is 0. The van der Waals surface area contributed by atoms with Crippen LogP contribution >= 0.6 is 15.9 Å². The first-order chi connectivity index (χ1) is 7.15. The van der Waals surface area contributed by atoms with Crippen molar-refractivity contribution in [2.24, 2.45) is 0 Å². The van der Waals surface area contributed by atoms with E-state index in [1.54, 1.807) is 6.20 Å². The molecule has 0 atom stereocenters. The van der Waals surface area contributed by atoms with Crippen LogP contribution in [-0.2, 0) is 0 Å². The predicted molar refractivity (Wildman–Crippen MR) is 68.1 cm³/mol. The second-order valence-electron chi connectivity index (χ2n) is 3.43. The van der Waals surface area contributed by atoms with Gasteiger partial charge in [-0.2, -0.15) is 0 Å². The second kappa shape index (κ2) is 3.70. The zero-order chi connectivity index (χ0) is 11.0. The van der Waals surface area contributed by atoms with Crippen LogP contribution in [0.25, 0.3) is 10.9 Å². The lowest BCUT2D eigenvalue weighted by molar-refractivity contribution is 1.35. The van der Waals surface area contributed by atoms with Gasteiger partial charge in [-0.25, -0.2) is 0 Å². The van der Waals surface area contributed by atoms with Crippen molar-refractivity contribution in [3.8, 4) is 0 Å². The summed E-state index contributed by atoms with van der Waals surface area (Å²) >= 11 is 3.52. The van der Waals surface area contributed by atoms with Crippen LogP contribution in [-0.4, -0.2) is 12.0 Å². The van der Waals surface area contributed by atoms with Crippen molar-refractivity contribution in [2.45, 2.75) is 6.92 Å². The van der Waals surface area contributed by atoms with E-state index in [-0.39, 0.29) is 0 Å². The smallest absolute Gasteiger partial charge is 0.0764 e. The molecule has 0 fully saturated rings. The average Bonchev–Trinajstić information content (AvgIpc) is 2.23. The van der Waals surface area contributed by atoms with E-state index in [1.807, 2.05) is 26.1 Å². The maximum atomic E-state index is 5.87. The molecule has 0 amide bonds. The van der Waals surface area contributed by atoms with E-state index >= 15 is 0 Å². The molecule has 78 valence electrons. The number of hydrogen-bond acceptors (Lipinski definition) is 3. The summed E-state index contributed by atoms with van der Waals surface area (Å²) in [6.07, 6.45) is 1.69. The molecule has 0 unspecified atom stereocenters. The Morgan fingerprint density at radius 3 is 2.80 bits per heavy atom. The molecule has 0 aliphatic heterocycles. The van der Waals surface area contributed by atoms with E-state index < -0.39 is 0 Å². The SMILES string of the molecule is CNc1c(N)cnc2c(C)ccc(Br)c12. The number of fused-ring (bicyclic) bond motifs is 1. The van der Waals surface area contributed by atoms with Crippen LogP contribution in [0.3, 0.4) is 0 Å². The molecular weight excluding hydrogens is 254 g/mol. The van der Waals surface area contributed by atoms with E-state index in [9.17, 15) is 0 Å². The van der Waals surface area contributed by atoms with Crippen LogP contribution < -0.4 is 11.1 Å². The highest BCUT2D eigenvalue weighted by molar-refractivity contribution is 9.10. The topological polar surface area (TPSA) is 50.9 Å². The van der Waals surface area contributed by atoms with Gasteiger partial charge < -0.3 is 11.1 Å². The van der Waals surface area contributed by atoms with Crippen LogP contribution in [0, 0.1) is 6.92 Å². The molecule has 2 aromatic rings. The minimum Gasteiger partial charge on any atom is -0.396 e. The van der Waals surface area contributed by atoms with Gasteiger partial charge in [-0.3, -0.25) is 4.98 Å². The summed E-state index contributed by atoms with van der Waals surface area (Å²) in [5, 5.41) is 4.15. The van der Waals surface area contributed by atoms with Gasteiger partial charge in [0.1, 0.15) is 0 Å². The number of nitrogens with one attached hydrogen (secondary N) is 1. The van der Waals surface area contributed by atoms with Gasteiger partial charge in [-0.05, 0) is 18.6 Å². The number of hydrogen-bond donors (Lipinski definition) is 2. The minimum atomic E-state index is 0.663. The lowest BCUT2D eigenvalue weighted by Gasteiger charge is -2.11. The number of nitrogen functional groups attached to an aromatic ring is 1. The van der Waals surface area contributed by atoms with Crippen LogP contribution in [0.15, 0.2) is 22.8 Å². The monoisotopic (exact) mass is 265 g/mol. The highest BCUT2D eigenvalue weighted by Gasteiger charge is 2.09. The Kier molecular flexibility index (Phi) is 2.52. The van der Waals surface area contributed by atoms with Crippen molar-refractivity contribution < 1.29 is 0 Å². The highest BCUT2D eigenvalue weighted by atomic mass is 79.9. The van der Waals surface area contributed by atoms with Gasteiger partial charge in [-0.1, -0.05) is 22.0 Å². The Morgan fingerprint density at radius 1 is 1.40 bits per heavy atom. The zero-order valence-corrected chi connectivity index (χ0v) is 10.2. The molecule has 0 bridgehead atoms. The molecule has 0 radical (unpaired) electrons. The summed E-state index contributed by atoms with van der Waals surface area (Å²) in [7, 11) is 1.86. The molecule has 1 aromatic heterocycles. The van der Waals surface area contributed by atoms with Gasteiger partial charge in [0.2, 0.25) is 0 Å². The van der Waals surface area contributed by atoms with Crippen molar-refractivity contribution in [2.75, 3.05) is 18.1 Å². The number of nitrogens with two attached hydrogens (primary N) is 1. The highest BCUT2D eigenvalue weighted by Crippen LogP contribution is 2.34. The average molecular weight is 266 g/mol. The summed E-state index contributed by atoms with van der Waals surface area (Å²) in [6, 6.07) is 4.05. The predicted octanol–water partition coefficient (Wildman–Crippen LogP) is 2.93. The van der Waals surface area contributed by atoms with Crippen molar-refractivity contribution in [1.82, 2.24) is 4.98 Å². The summed E-state index contributed by atoms with van der Waals surface area (Å²) in [5.41, 5.74) is 9.58. The molecule has 2 rings (SSSR count). The van der Waals surface area contributed by atoms with E-state index in [0.29, 0.717) is 5.69 Å². The summed E-state index contributed by atoms with van der Waals surface area (Å²) in [4.78, 5) is 4.35. The molecule has 0 saturated carbocycles. The summed E-state index contributed by atoms with van der Waals surface area (Å²) < 4.78 is 1.01. The van der Waals surface area contributed by atoms with E-state index in [2.05, 4.69) is 26.2 Å². The Morgan fingerprint density at radius 2 is 2.13 bits per heavy atom. The third-order valence-electron chi connectivity index (χ3n) is 2.45. The minimum absolute atomic E-state index is 0.663. The molecule has 1 heterocycles. The molecule has 3 nitrogen and oxygen atoms in total. The van der Waals surface area contributed by atoms with Gasteiger partial charge in [0.15, 0.2) is 0 Å². The van der Waals surface area contributed by atoms with E-state index in [4.69, 9.17) is 5.73 Å². The first-order valence-corrected chi connectivity index (χ1v) is 5.45. The number of benzene rings is 1. The molecule has 4 heteroatoms. The lowest BCUT2D eigenvalue weighted by atomic mass is 10.1. The summed E-state index contributed by atoms with van der Waals surface area (Å²) in [6.45, 7) is 2.04. The fourth-order valence-electron chi connectivity index (χ4n) is 1.69. The van der Waals surface area contributed by atoms with Crippen LogP contribution in [0.5, 0.6) is 0 Å². The van der Waals surface area contributed by atoms with Gasteiger partial charge in [0.25, 0.3) is 0 Å². The van der Waals surface area contributed by atoms with Crippen LogP contribution in [0.4, 0.5) is 11.4 Å². The zero-order valence-electron chi connectivity index (χ0n) is 8.63. The number of aromatic nitrogens is 1. The van der Waals surface area contributed by atoms with Gasteiger partial charge in [0.05, 0.1) is 23.1 Å². The molecule has 0 spiro atoms. The first kappa shape index (κ1) is 10.2. The van der Waals surface area contributed by atoms with E-state index in [1.165, 1.54) is 0 Å². The molecule has 1 aromatic carbocycles. The van der Waals surface area contributed by atoms with Crippen molar-refractivity contribution >= 4 is 38.2 Å². The molecule has 3 N–H and O–H groups in total. The maximum Gasteiger partial charge on any atom is 0.0764 e. The normalized spacial score (nSPS) is 10.6. The number of rotatable bonds is 1. The number of anilines is 2. The van der Waals surface area contributed by atoms with E-state index in [0.717, 1.165) is 26.6 Å². The fraction of sp³-hybridized carbons (Fsp3) is 0.182. The Labute approximate surface area is 96.8 Å². The van der Waals surface area contributed by atoms with Crippen molar-refractivity contribution in [3.05, 3.63) is 28.4 Å². The Bertz CT molecular complexity index is 523. The number of nitrogens with zero attached hydrogens (tertiary/aromatic N) is 1. The number of aryl methyl sites for hydroxylation is 1. The standard InChI is InChI=1S/C11H12BrN3/c1-6-3-4-7(12)9-10(6)15-5-8(13)11(9)14-2/h3-5H,13H2,1-2H3,(H,14,15). The van der Waals surface area contributed by atoms with Gasteiger partial charge >= 0.3 is 0 Å². The molecule has 0 aliphatic rings. The quantitative estimate of drug-likeness (QED) is 0.834. The first-order valence-electron chi connectivity index (χ1n) is 4.66. The molecule has 0 saturated heterocycles. The second-order valence-corrected chi connectivity index (χ2v) is 4.28. The molecule has 15 heavy (non-hydrogen) atoms. The largest absolute Gasteiger partial charge is 0.396 e. The van der Waals surface area contributed by atoms with Crippen molar-refractivity contribution in [3.63, 3.8) is 0 Å². The third-order valence-corrected chi connectivity index (χ3v) is 3.11. The third kappa shape index (κ3) is 1.55. The number of halogens is 1. The Hall–Kier alpha value is -1.29. The van der Waals surface area contributed by atoms with Crippen LogP contribution in [0.1, 0.15) is 5.56 Å². The Balaban J connectivity index is 2.96. The fourth-order valence-corrected chi connectivity index (χ4v) is 2.21. The molecular formula is C11H12BrN3. The maximum absolute atomic E-state index is 5.87. The number of pyridine rings is 1. The van der Waals surface area contributed by atoms with Crippen molar-refractivity contribution in [1.29, 1.82) is 0 Å².